The second-order valence-electron chi connectivity index (χ2n) is 6.32. The molecule has 1 amide bonds. The Balaban J connectivity index is 1.78. The topological polar surface area (TPSA) is 61.4 Å². The maximum absolute atomic E-state index is 12.5. The summed E-state index contributed by atoms with van der Waals surface area (Å²) in [6.45, 7) is 7.66. The summed E-state index contributed by atoms with van der Waals surface area (Å²) in [5, 5.41) is 2.95. The van der Waals surface area contributed by atoms with Crippen molar-refractivity contribution in [2.24, 2.45) is 0 Å². The van der Waals surface area contributed by atoms with Crippen molar-refractivity contribution in [2.45, 2.75) is 13.8 Å². The number of benzene rings is 1. The summed E-state index contributed by atoms with van der Waals surface area (Å²) >= 11 is 3.37. The molecule has 6 nitrogen and oxygen atoms in total. The predicted octanol–water partition coefficient (Wildman–Crippen LogP) is 2.86. The molecule has 1 fully saturated rings. The molecule has 3 rings (SSSR count). The molecule has 0 radical (unpaired) electrons. The molecule has 0 bridgehead atoms. The molecule has 0 aliphatic carbocycles. The predicted molar refractivity (Wildman–Crippen MR) is 103 cm³/mol. The van der Waals surface area contributed by atoms with Gasteiger partial charge in [0.05, 0.1) is 17.1 Å². The van der Waals surface area contributed by atoms with E-state index >= 15 is 0 Å². The van der Waals surface area contributed by atoms with Crippen molar-refractivity contribution in [3.8, 4) is 0 Å². The third kappa shape index (κ3) is 4.16. The molecule has 0 unspecified atom stereocenters. The molecule has 1 saturated heterocycles. The Morgan fingerprint density at radius 3 is 2.16 bits per heavy atom. The summed E-state index contributed by atoms with van der Waals surface area (Å²) in [7, 11) is 2.12. The molecule has 1 aromatic carbocycles. The number of nitrogens with zero attached hydrogens (tertiary/aromatic N) is 4. The smallest absolute Gasteiger partial charge is 0.255 e. The van der Waals surface area contributed by atoms with Gasteiger partial charge in [-0.05, 0) is 45.2 Å². The molecule has 2 aromatic rings. The molecule has 7 heteroatoms. The van der Waals surface area contributed by atoms with E-state index in [1.54, 1.807) is 12.1 Å². The summed E-state index contributed by atoms with van der Waals surface area (Å²) < 4.78 is 0.941. The van der Waals surface area contributed by atoms with Crippen LogP contribution in [-0.2, 0) is 0 Å². The monoisotopic (exact) mass is 403 g/mol. The van der Waals surface area contributed by atoms with Crippen molar-refractivity contribution in [1.82, 2.24) is 14.9 Å². The first-order valence-electron chi connectivity index (χ1n) is 8.29. The van der Waals surface area contributed by atoms with Crippen LogP contribution in [0.15, 0.2) is 28.7 Å². The van der Waals surface area contributed by atoms with Crippen LogP contribution in [0.5, 0.6) is 0 Å². The van der Waals surface area contributed by atoms with Gasteiger partial charge in [0.15, 0.2) is 0 Å². The van der Waals surface area contributed by atoms with Crippen LogP contribution in [0.25, 0.3) is 0 Å². The van der Waals surface area contributed by atoms with Crippen LogP contribution in [-0.4, -0.2) is 54.0 Å². The Morgan fingerprint density at radius 1 is 1.04 bits per heavy atom. The quantitative estimate of drug-likeness (QED) is 0.853. The SMILES string of the molecule is Cc1nc(N2CCN(C)CC2)nc(C)c1NC(=O)c1ccc(Br)cc1. The average molecular weight is 404 g/mol. The number of anilines is 2. The van der Waals surface area contributed by atoms with Crippen molar-refractivity contribution in [2.75, 3.05) is 43.4 Å². The number of hydrogen-bond donors (Lipinski definition) is 1. The van der Waals surface area contributed by atoms with Gasteiger partial charge in [-0.3, -0.25) is 4.79 Å². The lowest BCUT2D eigenvalue weighted by Gasteiger charge is -2.32. The minimum Gasteiger partial charge on any atom is -0.338 e. The van der Waals surface area contributed by atoms with Crippen LogP contribution in [0.1, 0.15) is 21.7 Å². The number of piperazine rings is 1. The van der Waals surface area contributed by atoms with Crippen LogP contribution in [0.4, 0.5) is 11.6 Å². The zero-order chi connectivity index (χ0) is 18.0. The van der Waals surface area contributed by atoms with Gasteiger partial charge in [-0.2, -0.15) is 0 Å². The van der Waals surface area contributed by atoms with E-state index in [2.05, 4.69) is 48.1 Å². The molecule has 2 heterocycles. The number of carbonyl (C=O) groups is 1. The van der Waals surface area contributed by atoms with Gasteiger partial charge in [-0.1, -0.05) is 15.9 Å². The van der Waals surface area contributed by atoms with Crippen molar-refractivity contribution >= 4 is 33.5 Å². The lowest BCUT2D eigenvalue weighted by atomic mass is 10.2. The minimum absolute atomic E-state index is 0.158. The number of aromatic nitrogens is 2. The highest BCUT2D eigenvalue weighted by molar-refractivity contribution is 9.10. The van der Waals surface area contributed by atoms with Gasteiger partial charge < -0.3 is 15.1 Å². The number of carbonyl (C=O) groups excluding carboxylic acids is 1. The lowest BCUT2D eigenvalue weighted by molar-refractivity contribution is 0.102. The molecular formula is C18H22BrN5O. The van der Waals surface area contributed by atoms with Gasteiger partial charge in [0, 0.05) is 36.2 Å². The zero-order valence-electron chi connectivity index (χ0n) is 14.7. The molecule has 1 N–H and O–H groups in total. The number of amides is 1. The molecule has 1 aromatic heterocycles. The summed E-state index contributed by atoms with van der Waals surface area (Å²) in [5.74, 6) is 0.583. The molecular weight excluding hydrogens is 382 g/mol. The Hall–Kier alpha value is -1.99. The minimum atomic E-state index is -0.158. The number of likely N-dealkylation sites (N-methyl/N-ethyl adjacent to an activating group) is 1. The third-order valence-corrected chi connectivity index (χ3v) is 4.92. The van der Waals surface area contributed by atoms with E-state index in [1.165, 1.54) is 0 Å². The molecule has 0 saturated carbocycles. The molecule has 1 aliphatic heterocycles. The summed E-state index contributed by atoms with van der Waals surface area (Å²) in [5.41, 5.74) is 2.86. The Kier molecular flexibility index (Phi) is 5.34. The van der Waals surface area contributed by atoms with Crippen molar-refractivity contribution in [1.29, 1.82) is 0 Å². The first-order chi connectivity index (χ1) is 11.9. The van der Waals surface area contributed by atoms with Crippen LogP contribution < -0.4 is 10.2 Å². The second-order valence-corrected chi connectivity index (χ2v) is 7.24. The number of hydrogen-bond acceptors (Lipinski definition) is 5. The first kappa shape index (κ1) is 17.8. The highest BCUT2D eigenvalue weighted by Gasteiger charge is 2.19. The van der Waals surface area contributed by atoms with Crippen LogP contribution >= 0.6 is 15.9 Å². The summed E-state index contributed by atoms with van der Waals surface area (Å²) in [6, 6.07) is 7.26. The number of rotatable bonds is 3. The number of nitrogens with one attached hydrogen (secondary N) is 1. The van der Waals surface area contributed by atoms with E-state index in [1.807, 2.05) is 26.0 Å². The highest BCUT2D eigenvalue weighted by Crippen LogP contribution is 2.22. The maximum atomic E-state index is 12.5. The van der Waals surface area contributed by atoms with Gasteiger partial charge in [-0.25, -0.2) is 9.97 Å². The summed E-state index contributed by atoms with van der Waals surface area (Å²) in [6.07, 6.45) is 0. The first-order valence-corrected chi connectivity index (χ1v) is 9.09. The fourth-order valence-electron chi connectivity index (χ4n) is 2.81. The standard InChI is InChI=1S/C18H22BrN5O/c1-12-16(22-17(25)14-4-6-15(19)7-5-14)13(2)21-18(20-12)24-10-8-23(3)9-11-24/h4-7H,8-11H2,1-3H3,(H,22,25). The van der Waals surface area contributed by atoms with Crippen LogP contribution in [0.2, 0.25) is 0 Å². The summed E-state index contributed by atoms with van der Waals surface area (Å²) in [4.78, 5) is 26.2. The van der Waals surface area contributed by atoms with Crippen LogP contribution in [0, 0.1) is 13.8 Å². The average Bonchev–Trinajstić information content (AvgIpc) is 2.59. The zero-order valence-corrected chi connectivity index (χ0v) is 16.3. The van der Waals surface area contributed by atoms with Gasteiger partial charge in [0.25, 0.3) is 5.91 Å². The lowest BCUT2D eigenvalue weighted by Crippen LogP contribution is -2.45. The Morgan fingerprint density at radius 2 is 1.60 bits per heavy atom. The fourth-order valence-corrected chi connectivity index (χ4v) is 3.08. The van der Waals surface area contributed by atoms with Crippen molar-refractivity contribution < 1.29 is 4.79 Å². The van der Waals surface area contributed by atoms with E-state index in [0.717, 1.165) is 48.0 Å². The van der Waals surface area contributed by atoms with Crippen LogP contribution in [0.3, 0.4) is 0 Å². The van der Waals surface area contributed by atoms with Gasteiger partial charge in [0.2, 0.25) is 5.95 Å². The second kappa shape index (κ2) is 7.49. The fraction of sp³-hybridized carbons (Fsp3) is 0.389. The maximum Gasteiger partial charge on any atom is 0.255 e. The van der Waals surface area contributed by atoms with Gasteiger partial charge >= 0.3 is 0 Å². The number of halogens is 1. The van der Waals surface area contributed by atoms with E-state index in [9.17, 15) is 4.79 Å². The Bertz CT molecular complexity index is 747. The molecule has 132 valence electrons. The van der Waals surface area contributed by atoms with E-state index in [4.69, 9.17) is 0 Å². The van der Waals surface area contributed by atoms with Crippen molar-refractivity contribution in [3.05, 3.63) is 45.7 Å². The largest absolute Gasteiger partial charge is 0.338 e. The van der Waals surface area contributed by atoms with E-state index in [-0.39, 0.29) is 5.91 Å². The van der Waals surface area contributed by atoms with Crippen molar-refractivity contribution in [3.63, 3.8) is 0 Å². The van der Waals surface area contributed by atoms with Gasteiger partial charge in [-0.15, -0.1) is 0 Å². The molecule has 0 atom stereocenters. The third-order valence-electron chi connectivity index (χ3n) is 4.39. The van der Waals surface area contributed by atoms with E-state index in [0.29, 0.717) is 11.3 Å². The highest BCUT2D eigenvalue weighted by atomic mass is 79.9. The Labute approximate surface area is 156 Å². The van der Waals surface area contributed by atoms with Gasteiger partial charge in [0.1, 0.15) is 0 Å². The normalized spacial score (nSPS) is 15.3. The van der Waals surface area contributed by atoms with E-state index < -0.39 is 0 Å². The molecule has 25 heavy (non-hydrogen) atoms. The number of aryl methyl sites for hydroxylation is 2. The molecule has 1 aliphatic rings. The molecule has 0 spiro atoms.